The SMILES string of the molecule is COc1ccc(C(=O)NCc2c(C)noc2C)cc1Oc1cc(F)cc(CN)c1. The summed E-state index contributed by atoms with van der Waals surface area (Å²) in [5.41, 5.74) is 8.09. The van der Waals surface area contributed by atoms with E-state index in [2.05, 4.69) is 10.5 Å². The molecule has 0 bridgehead atoms. The van der Waals surface area contributed by atoms with Crippen LogP contribution >= 0.6 is 0 Å². The van der Waals surface area contributed by atoms with Crippen LogP contribution in [0.2, 0.25) is 0 Å². The number of ether oxygens (including phenoxy) is 2. The van der Waals surface area contributed by atoms with Crippen molar-refractivity contribution < 1.29 is 23.2 Å². The van der Waals surface area contributed by atoms with E-state index in [1.807, 2.05) is 6.92 Å². The first-order valence-electron chi connectivity index (χ1n) is 8.96. The van der Waals surface area contributed by atoms with Crippen LogP contribution in [0.25, 0.3) is 0 Å². The molecule has 0 aliphatic heterocycles. The number of hydrogen-bond acceptors (Lipinski definition) is 6. The zero-order chi connectivity index (χ0) is 21.0. The van der Waals surface area contributed by atoms with E-state index < -0.39 is 5.82 Å². The molecule has 1 heterocycles. The van der Waals surface area contributed by atoms with Crippen LogP contribution in [0.3, 0.4) is 0 Å². The van der Waals surface area contributed by atoms with Crippen LogP contribution in [0.5, 0.6) is 17.2 Å². The van der Waals surface area contributed by atoms with Gasteiger partial charge < -0.3 is 25.0 Å². The number of methoxy groups -OCH3 is 1. The Balaban J connectivity index is 1.81. The lowest BCUT2D eigenvalue weighted by atomic mass is 10.1. The summed E-state index contributed by atoms with van der Waals surface area (Å²) in [5.74, 6) is 0.840. The molecule has 0 aliphatic carbocycles. The Morgan fingerprint density at radius 2 is 2.00 bits per heavy atom. The first-order valence-corrected chi connectivity index (χ1v) is 8.96. The molecule has 3 rings (SSSR count). The van der Waals surface area contributed by atoms with Gasteiger partial charge in [-0.25, -0.2) is 4.39 Å². The zero-order valence-corrected chi connectivity index (χ0v) is 16.4. The van der Waals surface area contributed by atoms with Crippen molar-refractivity contribution in [3.05, 3.63) is 70.4 Å². The molecular formula is C21H22FN3O4. The van der Waals surface area contributed by atoms with Crippen molar-refractivity contribution in [2.24, 2.45) is 5.73 Å². The van der Waals surface area contributed by atoms with Gasteiger partial charge in [-0.15, -0.1) is 0 Å². The highest BCUT2D eigenvalue weighted by Gasteiger charge is 2.15. The van der Waals surface area contributed by atoms with Gasteiger partial charge in [-0.3, -0.25) is 4.79 Å². The lowest BCUT2D eigenvalue weighted by molar-refractivity contribution is 0.0950. The van der Waals surface area contributed by atoms with Crippen molar-refractivity contribution in [1.29, 1.82) is 0 Å². The monoisotopic (exact) mass is 399 g/mol. The highest BCUT2D eigenvalue weighted by molar-refractivity contribution is 5.94. The number of nitrogens with one attached hydrogen (secondary N) is 1. The summed E-state index contributed by atoms with van der Waals surface area (Å²) in [4.78, 5) is 12.6. The van der Waals surface area contributed by atoms with Gasteiger partial charge in [-0.1, -0.05) is 5.16 Å². The van der Waals surface area contributed by atoms with Crippen LogP contribution in [-0.2, 0) is 13.1 Å². The summed E-state index contributed by atoms with van der Waals surface area (Å²) in [6, 6.07) is 8.97. The largest absolute Gasteiger partial charge is 0.493 e. The lowest BCUT2D eigenvalue weighted by Crippen LogP contribution is -2.23. The van der Waals surface area contributed by atoms with Gasteiger partial charge in [0.25, 0.3) is 5.91 Å². The molecule has 0 saturated carbocycles. The van der Waals surface area contributed by atoms with E-state index in [4.69, 9.17) is 19.7 Å². The summed E-state index contributed by atoms with van der Waals surface area (Å²) in [6.07, 6.45) is 0. The minimum absolute atomic E-state index is 0.176. The third-order valence-electron chi connectivity index (χ3n) is 4.43. The fourth-order valence-electron chi connectivity index (χ4n) is 2.85. The maximum Gasteiger partial charge on any atom is 0.251 e. The van der Waals surface area contributed by atoms with Gasteiger partial charge in [-0.2, -0.15) is 0 Å². The lowest BCUT2D eigenvalue weighted by Gasteiger charge is -2.13. The molecule has 0 unspecified atom stereocenters. The molecule has 0 saturated heterocycles. The molecule has 0 atom stereocenters. The van der Waals surface area contributed by atoms with Crippen LogP contribution in [0.4, 0.5) is 4.39 Å². The van der Waals surface area contributed by atoms with Crippen LogP contribution in [0.1, 0.15) is 32.9 Å². The molecule has 1 aromatic heterocycles. The number of rotatable bonds is 7. The Morgan fingerprint density at radius 3 is 2.66 bits per heavy atom. The highest BCUT2D eigenvalue weighted by Crippen LogP contribution is 2.33. The molecule has 8 heteroatoms. The molecule has 29 heavy (non-hydrogen) atoms. The number of carbonyl (C=O) groups is 1. The van der Waals surface area contributed by atoms with Gasteiger partial charge in [0.15, 0.2) is 11.5 Å². The van der Waals surface area contributed by atoms with Gasteiger partial charge in [0, 0.05) is 30.3 Å². The number of nitrogens with zero attached hydrogens (tertiary/aromatic N) is 1. The summed E-state index contributed by atoms with van der Waals surface area (Å²) in [7, 11) is 1.48. The minimum Gasteiger partial charge on any atom is -0.493 e. The highest BCUT2D eigenvalue weighted by atomic mass is 19.1. The van der Waals surface area contributed by atoms with Crippen molar-refractivity contribution in [2.45, 2.75) is 26.9 Å². The van der Waals surface area contributed by atoms with Crippen molar-refractivity contribution in [1.82, 2.24) is 10.5 Å². The number of halogens is 1. The van der Waals surface area contributed by atoms with Gasteiger partial charge in [0.2, 0.25) is 0 Å². The van der Waals surface area contributed by atoms with Crippen molar-refractivity contribution >= 4 is 5.91 Å². The first-order chi connectivity index (χ1) is 13.9. The number of nitrogens with two attached hydrogens (primary N) is 1. The quantitative estimate of drug-likeness (QED) is 0.629. The molecule has 0 fully saturated rings. The third-order valence-corrected chi connectivity index (χ3v) is 4.43. The van der Waals surface area contributed by atoms with Crippen LogP contribution in [0.15, 0.2) is 40.9 Å². The normalized spacial score (nSPS) is 10.7. The first kappa shape index (κ1) is 20.3. The van der Waals surface area contributed by atoms with E-state index >= 15 is 0 Å². The predicted octanol–water partition coefficient (Wildman–Crippen LogP) is 3.62. The Morgan fingerprint density at radius 1 is 1.21 bits per heavy atom. The Bertz CT molecular complexity index is 1010. The fourth-order valence-corrected chi connectivity index (χ4v) is 2.85. The van der Waals surface area contributed by atoms with E-state index in [0.717, 1.165) is 11.3 Å². The van der Waals surface area contributed by atoms with Gasteiger partial charge in [0.05, 0.1) is 12.8 Å². The third kappa shape index (κ3) is 4.72. The molecule has 0 spiro atoms. The molecule has 2 aromatic carbocycles. The van der Waals surface area contributed by atoms with Crippen molar-refractivity contribution in [2.75, 3.05) is 7.11 Å². The second kappa shape index (κ2) is 8.74. The Hall–Kier alpha value is -3.39. The number of carbonyl (C=O) groups excluding carboxylic acids is 1. The fraction of sp³-hybridized carbons (Fsp3) is 0.238. The zero-order valence-electron chi connectivity index (χ0n) is 16.4. The average Bonchev–Trinajstić information content (AvgIpc) is 3.03. The number of hydrogen-bond donors (Lipinski definition) is 2. The van der Waals surface area contributed by atoms with Crippen LogP contribution in [0, 0.1) is 19.7 Å². The summed E-state index contributed by atoms with van der Waals surface area (Å²) >= 11 is 0. The summed E-state index contributed by atoms with van der Waals surface area (Å²) in [6.45, 7) is 4.06. The van der Waals surface area contributed by atoms with Gasteiger partial charge in [-0.05, 0) is 49.7 Å². The van der Waals surface area contributed by atoms with Gasteiger partial charge in [0.1, 0.15) is 17.3 Å². The number of benzene rings is 2. The number of amides is 1. The summed E-state index contributed by atoms with van der Waals surface area (Å²) < 4.78 is 29.9. The topological polar surface area (TPSA) is 99.6 Å². The standard InChI is InChI=1S/C21H22FN3O4/c1-12-18(13(2)29-25-12)11-24-21(26)15-4-5-19(27-3)20(8-15)28-17-7-14(10-23)6-16(22)9-17/h4-9H,10-11,23H2,1-3H3,(H,24,26). The van der Waals surface area contributed by atoms with Crippen molar-refractivity contribution in [3.8, 4) is 17.2 Å². The Kier molecular flexibility index (Phi) is 6.13. The molecule has 1 amide bonds. The van der Waals surface area contributed by atoms with Crippen LogP contribution < -0.4 is 20.5 Å². The molecule has 3 N–H and O–H groups in total. The van der Waals surface area contributed by atoms with Gasteiger partial charge >= 0.3 is 0 Å². The second-order valence-electron chi connectivity index (χ2n) is 6.45. The predicted molar refractivity (Wildman–Crippen MR) is 105 cm³/mol. The minimum atomic E-state index is -0.463. The second-order valence-corrected chi connectivity index (χ2v) is 6.45. The average molecular weight is 399 g/mol. The Labute approximate surface area is 167 Å². The maximum absolute atomic E-state index is 13.8. The van der Waals surface area contributed by atoms with Crippen LogP contribution in [-0.4, -0.2) is 18.2 Å². The molecule has 3 aromatic rings. The molecular weight excluding hydrogens is 377 g/mol. The molecule has 152 valence electrons. The maximum atomic E-state index is 13.8. The number of aromatic nitrogens is 1. The van der Waals surface area contributed by atoms with E-state index in [9.17, 15) is 9.18 Å². The van der Waals surface area contributed by atoms with E-state index in [0.29, 0.717) is 22.6 Å². The van der Waals surface area contributed by atoms with E-state index in [-0.39, 0.29) is 30.5 Å². The smallest absolute Gasteiger partial charge is 0.251 e. The molecule has 0 radical (unpaired) electrons. The molecule has 0 aliphatic rings. The van der Waals surface area contributed by atoms with Crippen molar-refractivity contribution in [3.63, 3.8) is 0 Å². The number of aryl methyl sites for hydroxylation is 2. The van der Waals surface area contributed by atoms with E-state index in [1.165, 1.54) is 25.3 Å². The summed E-state index contributed by atoms with van der Waals surface area (Å²) in [5, 5.41) is 6.70. The van der Waals surface area contributed by atoms with E-state index in [1.54, 1.807) is 25.1 Å². The molecule has 7 nitrogen and oxygen atoms in total.